The van der Waals surface area contributed by atoms with Crippen LogP contribution in [0.1, 0.15) is 44.9 Å². The van der Waals surface area contributed by atoms with Crippen molar-refractivity contribution in [3.05, 3.63) is 0 Å². The predicted molar refractivity (Wildman–Crippen MR) is 71.5 cm³/mol. The first-order valence-electron chi connectivity index (χ1n) is 7.55. The van der Waals surface area contributed by atoms with E-state index in [1.165, 1.54) is 6.42 Å². The molecule has 3 unspecified atom stereocenters. The fourth-order valence-electron chi connectivity index (χ4n) is 3.23. The SMILES string of the molecule is O=C(CCCNC(=O)C1CC2CCC1N2)NC1CC1. The third-order valence-electron chi connectivity index (χ3n) is 4.46. The molecule has 3 atom stereocenters. The van der Waals surface area contributed by atoms with Gasteiger partial charge in [0, 0.05) is 31.1 Å². The van der Waals surface area contributed by atoms with E-state index in [9.17, 15) is 9.59 Å². The van der Waals surface area contributed by atoms with Crippen LogP contribution in [-0.2, 0) is 9.59 Å². The summed E-state index contributed by atoms with van der Waals surface area (Å²) in [7, 11) is 0. The minimum Gasteiger partial charge on any atom is -0.356 e. The Morgan fingerprint density at radius 1 is 1.16 bits per heavy atom. The van der Waals surface area contributed by atoms with E-state index in [0.29, 0.717) is 31.1 Å². The van der Waals surface area contributed by atoms with Crippen LogP contribution in [0.5, 0.6) is 0 Å². The van der Waals surface area contributed by atoms with Gasteiger partial charge in [0.15, 0.2) is 0 Å². The average molecular weight is 265 g/mol. The van der Waals surface area contributed by atoms with Gasteiger partial charge < -0.3 is 16.0 Å². The molecule has 2 aliphatic heterocycles. The quantitative estimate of drug-likeness (QED) is 0.605. The number of rotatable bonds is 6. The van der Waals surface area contributed by atoms with Crippen LogP contribution in [0.4, 0.5) is 0 Å². The van der Waals surface area contributed by atoms with Crippen LogP contribution in [0.25, 0.3) is 0 Å². The summed E-state index contributed by atoms with van der Waals surface area (Å²) in [5, 5.41) is 9.40. The molecule has 0 aromatic heterocycles. The number of nitrogens with one attached hydrogen (secondary N) is 3. The molecule has 1 saturated carbocycles. The molecule has 5 nitrogen and oxygen atoms in total. The van der Waals surface area contributed by atoms with Gasteiger partial charge in [0.1, 0.15) is 0 Å². The number of amides is 2. The van der Waals surface area contributed by atoms with Gasteiger partial charge in [-0.3, -0.25) is 9.59 Å². The molecule has 2 bridgehead atoms. The van der Waals surface area contributed by atoms with Crippen molar-refractivity contribution in [1.82, 2.24) is 16.0 Å². The maximum Gasteiger partial charge on any atom is 0.224 e. The van der Waals surface area contributed by atoms with E-state index in [0.717, 1.165) is 32.1 Å². The first-order valence-corrected chi connectivity index (χ1v) is 7.55. The van der Waals surface area contributed by atoms with Gasteiger partial charge in [-0.2, -0.15) is 0 Å². The predicted octanol–water partition coefficient (Wildman–Crippen LogP) is 0.302. The maximum absolute atomic E-state index is 12.0. The summed E-state index contributed by atoms with van der Waals surface area (Å²) in [5.74, 6) is 0.444. The zero-order valence-corrected chi connectivity index (χ0v) is 11.3. The summed E-state index contributed by atoms with van der Waals surface area (Å²) in [5.41, 5.74) is 0. The van der Waals surface area contributed by atoms with Crippen molar-refractivity contribution in [2.45, 2.75) is 63.1 Å². The lowest BCUT2D eigenvalue weighted by Crippen LogP contribution is -2.38. The highest BCUT2D eigenvalue weighted by molar-refractivity contribution is 5.80. The molecule has 5 heteroatoms. The van der Waals surface area contributed by atoms with Crippen molar-refractivity contribution in [3.8, 4) is 0 Å². The third-order valence-corrected chi connectivity index (χ3v) is 4.46. The molecule has 2 amide bonds. The van der Waals surface area contributed by atoms with Crippen LogP contribution in [0.15, 0.2) is 0 Å². The summed E-state index contributed by atoms with van der Waals surface area (Å²) in [6, 6.07) is 1.38. The highest BCUT2D eigenvalue weighted by Gasteiger charge is 2.42. The van der Waals surface area contributed by atoms with Crippen LogP contribution in [0, 0.1) is 5.92 Å². The number of hydrogen-bond acceptors (Lipinski definition) is 3. The molecule has 0 aromatic rings. The Balaban J connectivity index is 1.29. The molecule has 3 rings (SSSR count). The van der Waals surface area contributed by atoms with Gasteiger partial charge >= 0.3 is 0 Å². The van der Waals surface area contributed by atoms with Crippen molar-refractivity contribution in [2.24, 2.45) is 5.92 Å². The molecule has 19 heavy (non-hydrogen) atoms. The smallest absolute Gasteiger partial charge is 0.224 e. The van der Waals surface area contributed by atoms with Crippen LogP contribution in [0.3, 0.4) is 0 Å². The van der Waals surface area contributed by atoms with E-state index < -0.39 is 0 Å². The maximum atomic E-state index is 12.0. The minimum atomic E-state index is 0.123. The van der Waals surface area contributed by atoms with Gasteiger partial charge in [0.2, 0.25) is 11.8 Å². The molecule has 3 N–H and O–H groups in total. The molecule has 0 aromatic carbocycles. The van der Waals surface area contributed by atoms with Gasteiger partial charge in [-0.05, 0) is 38.5 Å². The van der Waals surface area contributed by atoms with E-state index in [1.54, 1.807) is 0 Å². The highest BCUT2D eigenvalue weighted by Crippen LogP contribution is 2.33. The summed E-state index contributed by atoms with van der Waals surface area (Å²) in [6.45, 7) is 0.616. The summed E-state index contributed by atoms with van der Waals surface area (Å²) >= 11 is 0. The van der Waals surface area contributed by atoms with Crippen molar-refractivity contribution < 1.29 is 9.59 Å². The lowest BCUT2D eigenvalue weighted by atomic mass is 9.88. The van der Waals surface area contributed by atoms with Gasteiger partial charge in [-0.1, -0.05) is 0 Å². The molecule has 0 spiro atoms. The first-order chi connectivity index (χ1) is 9.22. The number of hydrogen-bond donors (Lipinski definition) is 3. The van der Waals surface area contributed by atoms with Crippen molar-refractivity contribution >= 4 is 11.8 Å². The normalized spacial score (nSPS) is 32.3. The van der Waals surface area contributed by atoms with Crippen LogP contribution < -0.4 is 16.0 Å². The van der Waals surface area contributed by atoms with Crippen molar-refractivity contribution in [2.75, 3.05) is 6.54 Å². The Bertz CT molecular complexity index is 368. The molecule has 2 saturated heterocycles. The van der Waals surface area contributed by atoms with Gasteiger partial charge in [-0.25, -0.2) is 0 Å². The fourth-order valence-corrected chi connectivity index (χ4v) is 3.23. The van der Waals surface area contributed by atoms with Gasteiger partial charge in [0.25, 0.3) is 0 Å². The Morgan fingerprint density at radius 3 is 2.63 bits per heavy atom. The molecule has 3 fully saturated rings. The van der Waals surface area contributed by atoms with Crippen LogP contribution >= 0.6 is 0 Å². The zero-order chi connectivity index (χ0) is 13.2. The van der Waals surface area contributed by atoms with Crippen LogP contribution in [0.2, 0.25) is 0 Å². The van der Waals surface area contributed by atoms with Crippen LogP contribution in [-0.4, -0.2) is 36.5 Å². The van der Waals surface area contributed by atoms with E-state index in [2.05, 4.69) is 16.0 Å². The Labute approximate surface area is 113 Å². The number of carbonyl (C=O) groups excluding carboxylic acids is 2. The Kier molecular flexibility index (Phi) is 3.73. The zero-order valence-electron chi connectivity index (χ0n) is 11.3. The topological polar surface area (TPSA) is 70.2 Å². The summed E-state index contributed by atoms with van der Waals surface area (Å²) < 4.78 is 0. The second-order valence-electron chi connectivity index (χ2n) is 6.13. The van der Waals surface area contributed by atoms with Crippen molar-refractivity contribution in [3.63, 3.8) is 0 Å². The van der Waals surface area contributed by atoms with E-state index in [1.807, 2.05) is 0 Å². The molecule has 0 radical (unpaired) electrons. The van der Waals surface area contributed by atoms with Gasteiger partial charge in [0.05, 0.1) is 5.92 Å². The lowest BCUT2D eigenvalue weighted by Gasteiger charge is -2.19. The molecule has 1 aliphatic carbocycles. The van der Waals surface area contributed by atoms with Gasteiger partial charge in [-0.15, -0.1) is 0 Å². The number of carbonyl (C=O) groups is 2. The second-order valence-corrected chi connectivity index (χ2v) is 6.13. The Hall–Kier alpha value is -1.10. The summed E-state index contributed by atoms with van der Waals surface area (Å²) in [4.78, 5) is 23.5. The molecular weight excluding hydrogens is 242 g/mol. The van der Waals surface area contributed by atoms with E-state index in [-0.39, 0.29) is 17.7 Å². The highest BCUT2D eigenvalue weighted by atomic mass is 16.2. The molecule has 106 valence electrons. The molecule has 3 aliphatic rings. The van der Waals surface area contributed by atoms with E-state index >= 15 is 0 Å². The fraction of sp³-hybridized carbons (Fsp3) is 0.857. The monoisotopic (exact) mass is 265 g/mol. The minimum absolute atomic E-state index is 0.123. The first kappa shape index (κ1) is 12.9. The third kappa shape index (κ3) is 3.26. The van der Waals surface area contributed by atoms with E-state index in [4.69, 9.17) is 0 Å². The summed E-state index contributed by atoms with van der Waals surface area (Å²) in [6.07, 6.45) is 6.84. The second kappa shape index (κ2) is 5.49. The Morgan fingerprint density at radius 2 is 2.00 bits per heavy atom. The standard InChI is InChI=1S/C14H23N3O2/c18-13(17-9-3-4-9)2-1-7-15-14(19)11-8-10-5-6-12(11)16-10/h9-12,16H,1-8H2,(H,15,19)(H,17,18). The molecular formula is C14H23N3O2. The average Bonchev–Trinajstić information content (AvgIpc) is 2.96. The molecule has 2 heterocycles. The largest absolute Gasteiger partial charge is 0.356 e. The van der Waals surface area contributed by atoms with Crippen molar-refractivity contribution in [1.29, 1.82) is 0 Å². The number of fused-ring (bicyclic) bond motifs is 2. The lowest BCUT2D eigenvalue weighted by molar-refractivity contribution is -0.126.